The van der Waals surface area contributed by atoms with Crippen molar-refractivity contribution in [2.24, 2.45) is 10.9 Å². The van der Waals surface area contributed by atoms with Gasteiger partial charge in [0.15, 0.2) is 5.96 Å². The Morgan fingerprint density at radius 1 is 1.31 bits per heavy atom. The molecule has 1 aliphatic heterocycles. The van der Waals surface area contributed by atoms with E-state index in [-0.39, 0.29) is 24.0 Å². The van der Waals surface area contributed by atoms with Crippen molar-refractivity contribution in [3.05, 3.63) is 30.3 Å². The molecule has 0 spiro atoms. The van der Waals surface area contributed by atoms with Gasteiger partial charge in [-0.25, -0.2) is 12.7 Å². The molecule has 6 nitrogen and oxygen atoms in total. The molecular weight excluding hydrogens is 519 g/mol. The second kappa shape index (κ2) is 13.7. The number of thioether (sulfide) groups is 1. The highest BCUT2D eigenvalue weighted by atomic mass is 127. The lowest BCUT2D eigenvalue weighted by Gasteiger charge is -2.22. The van der Waals surface area contributed by atoms with Crippen molar-refractivity contribution in [2.75, 3.05) is 51.3 Å². The normalized spacial score (nSPS) is 17.4. The van der Waals surface area contributed by atoms with E-state index >= 15 is 0 Å². The third-order valence-corrected chi connectivity index (χ3v) is 7.42. The number of halogens is 1. The van der Waals surface area contributed by atoms with E-state index in [0.717, 1.165) is 37.8 Å². The number of aliphatic imine (C=N–C) groups is 1. The SMILES string of the molecule is CCNC(=NCCCN(CC)S(C)(=O)=O)N1CCC(CSc2ccccc2)C1.I. The third kappa shape index (κ3) is 9.44. The number of hydrogen-bond acceptors (Lipinski definition) is 4. The van der Waals surface area contributed by atoms with Crippen molar-refractivity contribution in [2.45, 2.75) is 31.6 Å². The topological polar surface area (TPSA) is 65.0 Å². The van der Waals surface area contributed by atoms with E-state index in [4.69, 9.17) is 4.99 Å². The third-order valence-electron chi connectivity index (χ3n) is 4.80. The molecule has 0 bridgehead atoms. The summed E-state index contributed by atoms with van der Waals surface area (Å²) in [5.41, 5.74) is 0. The van der Waals surface area contributed by atoms with Gasteiger partial charge < -0.3 is 10.2 Å². The fourth-order valence-corrected chi connectivity index (χ4v) is 5.29. The molecule has 9 heteroatoms. The van der Waals surface area contributed by atoms with E-state index in [9.17, 15) is 8.42 Å². The second-order valence-electron chi connectivity index (χ2n) is 7.07. The van der Waals surface area contributed by atoms with Gasteiger partial charge in [-0.15, -0.1) is 35.7 Å². The first-order chi connectivity index (χ1) is 13.4. The van der Waals surface area contributed by atoms with Gasteiger partial charge >= 0.3 is 0 Å². The minimum absolute atomic E-state index is 0. The van der Waals surface area contributed by atoms with Gasteiger partial charge in [-0.2, -0.15) is 0 Å². The fraction of sp³-hybridized carbons (Fsp3) is 0.650. The number of sulfonamides is 1. The number of hydrogen-bond donors (Lipinski definition) is 1. The first-order valence-corrected chi connectivity index (χ1v) is 12.9. The first-order valence-electron chi connectivity index (χ1n) is 10.1. The molecule has 0 aliphatic carbocycles. The van der Waals surface area contributed by atoms with Gasteiger partial charge in [0.25, 0.3) is 0 Å². The lowest BCUT2D eigenvalue weighted by molar-refractivity contribution is 0.425. The quantitative estimate of drug-likeness (QED) is 0.158. The minimum atomic E-state index is -3.12. The lowest BCUT2D eigenvalue weighted by atomic mass is 10.2. The van der Waals surface area contributed by atoms with Gasteiger partial charge in [0, 0.05) is 49.9 Å². The van der Waals surface area contributed by atoms with E-state index in [2.05, 4.69) is 47.5 Å². The molecular formula is C20H35IN4O2S2. The van der Waals surface area contributed by atoms with Gasteiger partial charge in [0.1, 0.15) is 0 Å². The smallest absolute Gasteiger partial charge is 0.211 e. The maximum absolute atomic E-state index is 11.7. The summed E-state index contributed by atoms with van der Waals surface area (Å²) in [6, 6.07) is 10.6. The first kappa shape index (κ1) is 26.5. The van der Waals surface area contributed by atoms with E-state index in [1.54, 1.807) is 0 Å². The molecule has 0 aromatic heterocycles. The van der Waals surface area contributed by atoms with Crippen molar-refractivity contribution < 1.29 is 8.42 Å². The molecule has 2 rings (SSSR count). The second-order valence-corrected chi connectivity index (χ2v) is 10.1. The Hall–Kier alpha value is -0.520. The minimum Gasteiger partial charge on any atom is -0.357 e. The summed E-state index contributed by atoms with van der Waals surface area (Å²) in [7, 11) is -3.12. The lowest BCUT2D eigenvalue weighted by Crippen LogP contribution is -2.40. The highest BCUT2D eigenvalue weighted by molar-refractivity contribution is 14.0. The number of nitrogens with zero attached hydrogens (tertiary/aromatic N) is 3. The Balaban J connectivity index is 0.00000420. The predicted octanol–water partition coefficient (Wildman–Crippen LogP) is 3.36. The van der Waals surface area contributed by atoms with E-state index in [1.165, 1.54) is 21.9 Å². The van der Waals surface area contributed by atoms with Crippen molar-refractivity contribution in [1.82, 2.24) is 14.5 Å². The number of guanidine groups is 1. The fourth-order valence-electron chi connectivity index (χ4n) is 3.31. The Bertz CT molecular complexity index is 716. The Labute approximate surface area is 198 Å². The molecule has 1 N–H and O–H groups in total. The monoisotopic (exact) mass is 554 g/mol. The number of rotatable bonds is 10. The summed E-state index contributed by atoms with van der Waals surface area (Å²) in [4.78, 5) is 8.41. The molecule has 1 aromatic rings. The molecule has 1 fully saturated rings. The van der Waals surface area contributed by atoms with Gasteiger partial charge in [0.2, 0.25) is 10.0 Å². The highest BCUT2D eigenvalue weighted by Gasteiger charge is 2.25. The maximum atomic E-state index is 11.7. The standard InChI is InChI=1S/C20H34N4O2S2.HI/c1-4-21-20(22-13-9-14-24(5-2)28(3,25)26)23-15-12-18(16-23)17-27-19-10-7-6-8-11-19;/h6-8,10-11,18H,4-5,9,12-17H2,1-3H3,(H,21,22);1H. The van der Waals surface area contributed by atoms with Crippen molar-refractivity contribution in [3.8, 4) is 0 Å². The van der Waals surface area contributed by atoms with E-state index in [0.29, 0.717) is 25.6 Å². The van der Waals surface area contributed by atoms with Crippen molar-refractivity contribution in [3.63, 3.8) is 0 Å². The summed E-state index contributed by atoms with van der Waals surface area (Å²) < 4.78 is 24.8. The summed E-state index contributed by atoms with van der Waals surface area (Å²) >= 11 is 1.92. The molecule has 166 valence electrons. The van der Waals surface area contributed by atoms with Crippen LogP contribution in [0.2, 0.25) is 0 Å². The van der Waals surface area contributed by atoms with Gasteiger partial charge in [0.05, 0.1) is 6.26 Å². The van der Waals surface area contributed by atoms with Crippen LogP contribution in [0.25, 0.3) is 0 Å². The van der Waals surface area contributed by atoms with Crippen molar-refractivity contribution >= 4 is 51.7 Å². The predicted molar refractivity (Wildman–Crippen MR) is 135 cm³/mol. The Kier molecular flexibility index (Phi) is 12.5. The van der Waals surface area contributed by atoms with Crippen LogP contribution in [0, 0.1) is 5.92 Å². The average molecular weight is 555 g/mol. The largest absolute Gasteiger partial charge is 0.357 e. The summed E-state index contributed by atoms with van der Waals surface area (Å²) in [5, 5.41) is 3.39. The zero-order valence-electron chi connectivity index (χ0n) is 17.7. The molecule has 1 saturated heterocycles. The van der Waals surface area contributed by atoms with Gasteiger partial charge in [-0.05, 0) is 37.8 Å². The molecule has 29 heavy (non-hydrogen) atoms. The molecule has 1 heterocycles. The van der Waals surface area contributed by atoms with E-state index < -0.39 is 10.0 Å². The van der Waals surface area contributed by atoms with Crippen LogP contribution in [0.1, 0.15) is 26.7 Å². The summed E-state index contributed by atoms with van der Waals surface area (Å²) in [5.74, 6) is 2.74. The van der Waals surface area contributed by atoms with Crippen LogP contribution in [-0.2, 0) is 10.0 Å². The van der Waals surface area contributed by atoms with Crippen LogP contribution in [-0.4, -0.2) is 74.9 Å². The Morgan fingerprint density at radius 3 is 2.66 bits per heavy atom. The number of benzene rings is 1. The molecule has 0 amide bonds. The number of likely N-dealkylation sites (tertiary alicyclic amines) is 1. The summed E-state index contributed by atoms with van der Waals surface area (Å²) in [6.45, 7) is 8.50. The number of nitrogens with one attached hydrogen (secondary N) is 1. The zero-order chi connectivity index (χ0) is 20.4. The zero-order valence-corrected chi connectivity index (χ0v) is 21.7. The molecule has 0 saturated carbocycles. The van der Waals surface area contributed by atoms with Crippen LogP contribution in [0.15, 0.2) is 40.2 Å². The highest BCUT2D eigenvalue weighted by Crippen LogP contribution is 2.25. The van der Waals surface area contributed by atoms with Crippen LogP contribution >= 0.6 is 35.7 Å². The Morgan fingerprint density at radius 2 is 2.03 bits per heavy atom. The van der Waals surface area contributed by atoms with Crippen LogP contribution in [0.4, 0.5) is 0 Å². The van der Waals surface area contributed by atoms with E-state index in [1.807, 2.05) is 18.7 Å². The van der Waals surface area contributed by atoms with Crippen LogP contribution in [0.3, 0.4) is 0 Å². The maximum Gasteiger partial charge on any atom is 0.211 e. The van der Waals surface area contributed by atoms with Gasteiger partial charge in [-0.3, -0.25) is 4.99 Å². The summed E-state index contributed by atoms with van der Waals surface area (Å²) in [6.07, 6.45) is 3.18. The van der Waals surface area contributed by atoms with Crippen molar-refractivity contribution in [1.29, 1.82) is 0 Å². The average Bonchev–Trinajstić information content (AvgIpc) is 3.14. The molecule has 1 aromatic carbocycles. The van der Waals surface area contributed by atoms with Crippen LogP contribution in [0.5, 0.6) is 0 Å². The molecule has 1 unspecified atom stereocenters. The molecule has 0 radical (unpaired) electrons. The van der Waals surface area contributed by atoms with Crippen LogP contribution < -0.4 is 5.32 Å². The van der Waals surface area contributed by atoms with Gasteiger partial charge in [-0.1, -0.05) is 25.1 Å². The molecule has 1 atom stereocenters. The molecule has 1 aliphatic rings.